The fourth-order valence-corrected chi connectivity index (χ4v) is 3.54. The van der Waals surface area contributed by atoms with Crippen LogP contribution < -0.4 is 10.6 Å². The van der Waals surface area contributed by atoms with Crippen molar-refractivity contribution in [3.05, 3.63) is 10.9 Å². The summed E-state index contributed by atoms with van der Waals surface area (Å²) in [6, 6.07) is 2.59. The summed E-state index contributed by atoms with van der Waals surface area (Å²) in [5.41, 5.74) is 0. The number of nitrogens with zero attached hydrogens (tertiary/aromatic N) is 2. The zero-order valence-electron chi connectivity index (χ0n) is 13.2. The van der Waals surface area contributed by atoms with E-state index in [0.717, 1.165) is 47.1 Å². The van der Waals surface area contributed by atoms with Gasteiger partial charge in [0.1, 0.15) is 10.6 Å². The van der Waals surface area contributed by atoms with Gasteiger partial charge < -0.3 is 10.6 Å². The van der Waals surface area contributed by atoms with Crippen LogP contribution in [-0.2, 0) is 0 Å². The molecule has 0 aliphatic carbocycles. The number of nitrogens with one attached hydrogen (secondary N) is 2. The fourth-order valence-electron chi connectivity index (χ4n) is 2.07. The molecule has 116 valence electrons. The highest BCUT2D eigenvalue weighted by molar-refractivity contribution is 7.98. The highest BCUT2D eigenvalue weighted by atomic mass is 32.2. The summed E-state index contributed by atoms with van der Waals surface area (Å²) < 4.78 is 0. The van der Waals surface area contributed by atoms with Crippen molar-refractivity contribution in [2.45, 2.75) is 39.7 Å². The number of anilines is 2. The quantitative estimate of drug-likeness (QED) is 0.755. The molecule has 0 saturated heterocycles. The molecule has 0 saturated carbocycles. The maximum atomic E-state index is 4.67. The van der Waals surface area contributed by atoms with Crippen LogP contribution in [0.5, 0.6) is 0 Å². The topological polar surface area (TPSA) is 49.8 Å². The molecule has 2 rings (SSSR count). The Labute approximate surface area is 135 Å². The van der Waals surface area contributed by atoms with Crippen molar-refractivity contribution in [3.8, 4) is 0 Å². The van der Waals surface area contributed by atoms with Crippen LogP contribution in [0.15, 0.2) is 6.07 Å². The summed E-state index contributed by atoms with van der Waals surface area (Å²) in [6.07, 6.45) is 4.34. The minimum Gasteiger partial charge on any atom is -0.367 e. The monoisotopic (exact) mass is 324 g/mol. The number of fused-ring (bicyclic) bond motifs is 1. The highest BCUT2D eigenvalue weighted by Gasteiger charge is 2.12. The van der Waals surface area contributed by atoms with Gasteiger partial charge in [-0.1, -0.05) is 6.92 Å². The van der Waals surface area contributed by atoms with Crippen LogP contribution >= 0.6 is 23.1 Å². The molecule has 6 heteroatoms. The Morgan fingerprint density at radius 1 is 1.38 bits per heavy atom. The number of hydrogen-bond acceptors (Lipinski definition) is 6. The first-order valence-corrected chi connectivity index (χ1v) is 9.62. The molecular formula is C15H24N4S2. The van der Waals surface area contributed by atoms with Crippen LogP contribution in [0, 0.1) is 6.92 Å². The Balaban J connectivity index is 2.25. The van der Waals surface area contributed by atoms with E-state index in [1.807, 2.05) is 11.8 Å². The Morgan fingerprint density at radius 3 is 2.90 bits per heavy atom. The van der Waals surface area contributed by atoms with Crippen molar-refractivity contribution in [1.82, 2.24) is 9.97 Å². The molecule has 0 amide bonds. The normalized spacial score (nSPS) is 12.6. The van der Waals surface area contributed by atoms with Crippen molar-refractivity contribution < 1.29 is 0 Å². The van der Waals surface area contributed by atoms with E-state index in [4.69, 9.17) is 0 Å². The van der Waals surface area contributed by atoms with E-state index >= 15 is 0 Å². The molecule has 2 aromatic heterocycles. The zero-order chi connectivity index (χ0) is 15.2. The standard InChI is InChI=1S/C15H24N4S2/c1-5-7-16-15-18-13(17-10(2)6-8-20-4)12-9-11(3)21-14(12)19-15/h9-10H,5-8H2,1-4H3,(H2,16,17,18,19). The summed E-state index contributed by atoms with van der Waals surface area (Å²) in [5.74, 6) is 2.84. The molecule has 0 bridgehead atoms. The molecule has 2 aromatic rings. The second kappa shape index (κ2) is 7.84. The molecule has 4 nitrogen and oxygen atoms in total. The second-order valence-corrected chi connectivity index (χ2v) is 7.45. The molecule has 0 aliphatic rings. The Morgan fingerprint density at radius 2 is 2.19 bits per heavy atom. The van der Waals surface area contributed by atoms with Gasteiger partial charge in [0, 0.05) is 17.5 Å². The maximum absolute atomic E-state index is 4.67. The minimum atomic E-state index is 0.412. The molecule has 0 radical (unpaired) electrons. The minimum absolute atomic E-state index is 0.412. The second-order valence-electron chi connectivity index (χ2n) is 5.23. The summed E-state index contributed by atoms with van der Waals surface area (Å²) in [6.45, 7) is 7.37. The summed E-state index contributed by atoms with van der Waals surface area (Å²) in [7, 11) is 0. The van der Waals surface area contributed by atoms with Gasteiger partial charge in [-0.3, -0.25) is 0 Å². The van der Waals surface area contributed by atoms with Crippen LogP contribution in [0.3, 0.4) is 0 Å². The number of hydrogen-bond donors (Lipinski definition) is 2. The SMILES string of the molecule is CCCNc1nc(NC(C)CCSC)c2cc(C)sc2n1. The van der Waals surface area contributed by atoms with Gasteiger partial charge in [0.2, 0.25) is 5.95 Å². The Bertz CT molecular complexity index is 582. The van der Waals surface area contributed by atoms with Gasteiger partial charge in [-0.15, -0.1) is 11.3 Å². The largest absolute Gasteiger partial charge is 0.367 e. The first kappa shape index (κ1) is 16.4. The van der Waals surface area contributed by atoms with Gasteiger partial charge in [0.05, 0.1) is 5.39 Å². The Kier molecular flexibility index (Phi) is 6.11. The Hall–Kier alpha value is -1.01. The van der Waals surface area contributed by atoms with Gasteiger partial charge in [-0.25, -0.2) is 4.98 Å². The molecule has 0 fully saturated rings. The lowest BCUT2D eigenvalue weighted by molar-refractivity contribution is 0.768. The number of aryl methyl sites for hydroxylation is 1. The predicted molar refractivity (Wildman–Crippen MR) is 97.0 cm³/mol. The lowest BCUT2D eigenvalue weighted by Gasteiger charge is -2.15. The van der Waals surface area contributed by atoms with Crippen LogP contribution in [-0.4, -0.2) is 34.6 Å². The molecule has 2 N–H and O–H groups in total. The molecule has 0 aromatic carbocycles. The summed E-state index contributed by atoms with van der Waals surface area (Å²) in [5, 5.41) is 7.98. The van der Waals surface area contributed by atoms with E-state index in [2.05, 4.69) is 53.7 Å². The molecule has 2 heterocycles. The van der Waals surface area contributed by atoms with E-state index in [9.17, 15) is 0 Å². The average Bonchev–Trinajstić information content (AvgIpc) is 2.83. The van der Waals surface area contributed by atoms with Gasteiger partial charge in [-0.05, 0) is 44.8 Å². The zero-order valence-corrected chi connectivity index (χ0v) is 14.8. The predicted octanol–water partition coefficient (Wildman–Crippen LogP) is 4.38. The third kappa shape index (κ3) is 4.48. The van der Waals surface area contributed by atoms with Crippen molar-refractivity contribution >= 4 is 45.1 Å². The van der Waals surface area contributed by atoms with E-state index in [1.54, 1.807) is 11.3 Å². The van der Waals surface area contributed by atoms with Crippen molar-refractivity contribution in [3.63, 3.8) is 0 Å². The third-order valence-corrected chi connectivity index (χ3v) is 4.78. The highest BCUT2D eigenvalue weighted by Crippen LogP contribution is 2.30. The smallest absolute Gasteiger partial charge is 0.226 e. The van der Waals surface area contributed by atoms with E-state index in [0.29, 0.717) is 6.04 Å². The van der Waals surface area contributed by atoms with Crippen molar-refractivity contribution in [1.29, 1.82) is 0 Å². The maximum Gasteiger partial charge on any atom is 0.226 e. The van der Waals surface area contributed by atoms with Crippen molar-refractivity contribution in [2.75, 3.05) is 29.2 Å². The number of aromatic nitrogens is 2. The lowest BCUT2D eigenvalue weighted by atomic mass is 10.2. The van der Waals surface area contributed by atoms with Gasteiger partial charge in [-0.2, -0.15) is 16.7 Å². The first-order chi connectivity index (χ1) is 10.1. The van der Waals surface area contributed by atoms with Crippen molar-refractivity contribution in [2.24, 2.45) is 0 Å². The lowest BCUT2D eigenvalue weighted by Crippen LogP contribution is -2.17. The van der Waals surface area contributed by atoms with Crippen LogP contribution in [0.1, 0.15) is 31.6 Å². The molecule has 21 heavy (non-hydrogen) atoms. The summed E-state index contributed by atoms with van der Waals surface area (Å²) >= 11 is 3.60. The van der Waals surface area contributed by atoms with E-state index in [-0.39, 0.29) is 0 Å². The summed E-state index contributed by atoms with van der Waals surface area (Å²) in [4.78, 5) is 11.6. The van der Waals surface area contributed by atoms with E-state index < -0.39 is 0 Å². The number of rotatable bonds is 8. The number of thioether (sulfide) groups is 1. The van der Waals surface area contributed by atoms with Gasteiger partial charge >= 0.3 is 0 Å². The molecule has 1 unspecified atom stereocenters. The van der Waals surface area contributed by atoms with Gasteiger partial charge in [0.25, 0.3) is 0 Å². The fraction of sp³-hybridized carbons (Fsp3) is 0.600. The molecular weight excluding hydrogens is 300 g/mol. The molecule has 0 aliphatic heterocycles. The first-order valence-electron chi connectivity index (χ1n) is 7.41. The number of thiophene rings is 1. The molecule has 0 spiro atoms. The average molecular weight is 325 g/mol. The van der Waals surface area contributed by atoms with Crippen LogP contribution in [0.4, 0.5) is 11.8 Å². The molecule has 1 atom stereocenters. The van der Waals surface area contributed by atoms with Crippen LogP contribution in [0.2, 0.25) is 0 Å². The van der Waals surface area contributed by atoms with Gasteiger partial charge in [0.15, 0.2) is 0 Å². The third-order valence-electron chi connectivity index (χ3n) is 3.19. The van der Waals surface area contributed by atoms with Crippen LogP contribution in [0.25, 0.3) is 10.2 Å². The van der Waals surface area contributed by atoms with E-state index in [1.165, 1.54) is 4.88 Å².